The molecule has 0 aliphatic rings. The average molecular weight is 816 g/mol. The predicted molar refractivity (Wildman–Crippen MR) is 206 cm³/mol. The van der Waals surface area contributed by atoms with E-state index in [2.05, 4.69) is 41.9 Å². The SMILES string of the molecule is CC(C)C[C@H](NC(=O)[C@H](C)NC(=O)[C@H](CC(=O)O)NC(=O)[C@H](CO)NC(=O)[C@@H](N)CCCN=C(N)N)C(=O)N[C@H](C(=O)N[C@@H](CCCN=C(N)N)C(=O)O)C(C)C. The molecule has 0 saturated heterocycles. The van der Waals surface area contributed by atoms with Gasteiger partial charge in [-0.1, -0.05) is 27.7 Å². The molecule has 0 aromatic carbocycles. The van der Waals surface area contributed by atoms with E-state index >= 15 is 0 Å². The van der Waals surface area contributed by atoms with E-state index in [1.807, 2.05) is 0 Å². The highest BCUT2D eigenvalue weighted by molar-refractivity contribution is 5.98. The third kappa shape index (κ3) is 21.2. The van der Waals surface area contributed by atoms with Gasteiger partial charge in [0.05, 0.1) is 19.1 Å². The average Bonchev–Trinajstić information content (AvgIpc) is 3.10. The largest absolute Gasteiger partial charge is 0.481 e. The molecular formula is C33H61N13O11. The third-order valence-electron chi connectivity index (χ3n) is 8.03. The van der Waals surface area contributed by atoms with Crippen LogP contribution >= 0.6 is 0 Å². The lowest BCUT2D eigenvalue weighted by molar-refractivity contribution is -0.143. The summed E-state index contributed by atoms with van der Waals surface area (Å²) < 4.78 is 0. The number of carboxylic acids is 2. The third-order valence-corrected chi connectivity index (χ3v) is 8.03. The number of aliphatic hydroxyl groups excluding tert-OH is 1. The van der Waals surface area contributed by atoms with Crippen LogP contribution in [0.1, 0.15) is 73.1 Å². The monoisotopic (exact) mass is 815 g/mol. The van der Waals surface area contributed by atoms with Crippen molar-refractivity contribution in [3.8, 4) is 0 Å². The normalized spacial score (nSPS) is 14.6. The van der Waals surface area contributed by atoms with Gasteiger partial charge in [-0.05, 0) is 50.9 Å². The lowest BCUT2D eigenvalue weighted by Gasteiger charge is -2.28. The highest BCUT2D eigenvalue weighted by Crippen LogP contribution is 2.10. The van der Waals surface area contributed by atoms with E-state index in [4.69, 9.17) is 28.7 Å². The number of aliphatic carboxylic acids is 2. The highest BCUT2D eigenvalue weighted by atomic mass is 16.4. The Bertz CT molecular complexity index is 1450. The molecule has 0 bridgehead atoms. The number of hydrogen-bond acceptors (Lipinski definition) is 12. The molecule has 0 aliphatic heterocycles. The van der Waals surface area contributed by atoms with Crippen LogP contribution < -0.4 is 60.6 Å². The van der Waals surface area contributed by atoms with Gasteiger partial charge in [0.15, 0.2) is 11.9 Å². The Morgan fingerprint density at radius 3 is 1.53 bits per heavy atom. The number of nitrogens with zero attached hydrogens (tertiary/aromatic N) is 2. The van der Waals surface area contributed by atoms with Gasteiger partial charge < -0.3 is 75.9 Å². The Morgan fingerprint density at radius 2 is 1.05 bits per heavy atom. The molecule has 0 rings (SSSR count). The summed E-state index contributed by atoms with van der Waals surface area (Å²) in [5.74, 6) is -9.42. The Labute approximate surface area is 330 Å². The molecule has 0 saturated carbocycles. The maximum Gasteiger partial charge on any atom is 0.326 e. The zero-order chi connectivity index (χ0) is 44.0. The van der Waals surface area contributed by atoms with Crippen LogP contribution in [0.5, 0.6) is 0 Å². The van der Waals surface area contributed by atoms with Gasteiger partial charge >= 0.3 is 11.9 Å². The summed E-state index contributed by atoms with van der Waals surface area (Å²) in [5.41, 5.74) is 26.9. The number of carboxylic acid groups (broad SMARTS) is 2. The lowest BCUT2D eigenvalue weighted by atomic mass is 9.99. The van der Waals surface area contributed by atoms with Crippen LogP contribution in [0.3, 0.4) is 0 Å². The van der Waals surface area contributed by atoms with E-state index in [1.54, 1.807) is 27.7 Å². The van der Waals surface area contributed by atoms with E-state index in [1.165, 1.54) is 6.92 Å². The molecule has 24 nitrogen and oxygen atoms in total. The van der Waals surface area contributed by atoms with Crippen LogP contribution in [-0.2, 0) is 38.4 Å². The maximum absolute atomic E-state index is 13.5. The summed E-state index contributed by atoms with van der Waals surface area (Å²) in [6.07, 6.45) is -0.253. The lowest BCUT2D eigenvalue weighted by Crippen LogP contribution is -2.60. The Morgan fingerprint density at radius 1 is 0.579 bits per heavy atom. The number of aliphatic hydroxyl groups is 1. The minimum atomic E-state index is -1.79. The predicted octanol–water partition coefficient (Wildman–Crippen LogP) is -5.40. The quantitative estimate of drug-likeness (QED) is 0.0209. The maximum atomic E-state index is 13.5. The van der Waals surface area contributed by atoms with E-state index < -0.39 is 109 Å². The van der Waals surface area contributed by atoms with Gasteiger partial charge in [-0.2, -0.15) is 0 Å². The first kappa shape index (κ1) is 51.2. The van der Waals surface area contributed by atoms with Gasteiger partial charge in [-0.15, -0.1) is 0 Å². The van der Waals surface area contributed by atoms with Crippen LogP contribution in [0, 0.1) is 11.8 Å². The summed E-state index contributed by atoms with van der Waals surface area (Å²) in [6.45, 7) is 7.33. The molecule has 0 radical (unpaired) electrons. The van der Waals surface area contributed by atoms with Crippen molar-refractivity contribution in [1.82, 2.24) is 31.9 Å². The fourth-order valence-corrected chi connectivity index (χ4v) is 4.97. The van der Waals surface area contributed by atoms with Crippen molar-refractivity contribution in [2.24, 2.45) is 50.5 Å². The molecule has 19 N–H and O–H groups in total. The zero-order valence-electron chi connectivity index (χ0n) is 32.9. The molecule has 0 spiro atoms. The number of rotatable bonds is 27. The van der Waals surface area contributed by atoms with Crippen molar-refractivity contribution in [2.75, 3.05) is 19.7 Å². The number of amides is 6. The van der Waals surface area contributed by atoms with Crippen LogP contribution in [0.25, 0.3) is 0 Å². The molecule has 24 heteroatoms. The number of carbonyl (C=O) groups excluding carboxylic acids is 6. The first-order valence-corrected chi connectivity index (χ1v) is 18.2. The molecule has 0 heterocycles. The molecule has 324 valence electrons. The van der Waals surface area contributed by atoms with Crippen molar-refractivity contribution in [1.29, 1.82) is 0 Å². The van der Waals surface area contributed by atoms with E-state index in [9.17, 15) is 53.7 Å². The molecule has 0 aromatic rings. The van der Waals surface area contributed by atoms with Crippen LogP contribution in [0.2, 0.25) is 0 Å². The van der Waals surface area contributed by atoms with Crippen molar-refractivity contribution in [3.63, 3.8) is 0 Å². The molecule has 0 aromatic heterocycles. The van der Waals surface area contributed by atoms with Crippen LogP contribution in [0.15, 0.2) is 9.98 Å². The second kappa shape index (κ2) is 26.1. The zero-order valence-corrected chi connectivity index (χ0v) is 32.9. The van der Waals surface area contributed by atoms with Gasteiger partial charge in [0.2, 0.25) is 35.4 Å². The number of hydrogen-bond donors (Lipinski definition) is 14. The summed E-state index contributed by atoms with van der Waals surface area (Å²) in [4.78, 5) is 109. The van der Waals surface area contributed by atoms with Crippen molar-refractivity contribution in [3.05, 3.63) is 0 Å². The fraction of sp³-hybridized carbons (Fsp3) is 0.697. The van der Waals surface area contributed by atoms with E-state index in [0.717, 1.165) is 0 Å². The Balaban J connectivity index is 5.75. The van der Waals surface area contributed by atoms with Gasteiger partial charge in [0.1, 0.15) is 36.3 Å². The Kier molecular flexibility index (Phi) is 23.5. The minimum Gasteiger partial charge on any atom is -0.481 e. The van der Waals surface area contributed by atoms with Crippen molar-refractivity contribution < 1.29 is 53.7 Å². The van der Waals surface area contributed by atoms with E-state index in [-0.39, 0.29) is 56.6 Å². The summed E-state index contributed by atoms with van der Waals surface area (Å²) >= 11 is 0. The fourth-order valence-electron chi connectivity index (χ4n) is 4.97. The Hall–Kier alpha value is -5.78. The number of aliphatic imine (C=N–C) groups is 2. The van der Waals surface area contributed by atoms with E-state index in [0.29, 0.717) is 6.42 Å². The number of guanidine groups is 2. The standard InChI is InChI=1S/C33H61N13O11/c1-15(2)12-20(28(53)46-24(16(3)4)30(55)42-19(31(56)57)9-7-11-40-33(37)38)43-25(50)17(5)41-27(52)21(13-23(48)49)44-29(54)22(14-47)45-26(51)18(34)8-6-10-39-32(35)36/h15-22,24,47H,6-14,34H2,1-5H3,(H,41,52)(H,42,55)(H,43,50)(H,44,54)(H,45,51)(H,46,53)(H,48,49)(H,56,57)(H4,35,36,39)(H4,37,38,40)/t17-,18-,19-,20-,21-,22-,24-/m0/s1. The molecular weight excluding hydrogens is 754 g/mol. The summed E-state index contributed by atoms with van der Waals surface area (Å²) in [5, 5.41) is 42.9. The second-order valence-corrected chi connectivity index (χ2v) is 14.0. The molecule has 57 heavy (non-hydrogen) atoms. The minimum absolute atomic E-state index is 0.0137. The number of nitrogens with one attached hydrogen (secondary N) is 6. The first-order valence-electron chi connectivity index (χ1n) is 18.2. The smallest absolute Gasteiger partial charge is 0.326 e. The van der Waals surface area contributed by atoms with Gasteiger partial charge in [-0.25, -0.2) is 4.79 Å². The number of carbonyl (C=O) groups is 8. The van der Waals surface area contributed by atoms with Gasteiger partial charge in [0.25, 0.3) is 0 Å². The van der Waals surface area contributed by atoms with Crippen molar-refractivity contribution in [2.45, 2.75) is 115 Å². The molecule has 0 unspecified atom stereocenters. The second-order valence-electron chi connectivity index (χ2n) is 14.0. The molecule has 7 atom stereocenters. The van der Waals surface area contributed by atoms with Gasteiger partial charge in [-0.3, -0.25) is 43.5 Å². The van der Waals surface area contributed by atoms with Crippen molar-refractivity contribution >= 4 is 59.3 Å². The topological polar surface area (TPSA) is 424 Å². The molecule has 6 amide bonds. The first-order chi connectivity index (χ1) is 26.5. The van der Waals surface area contributed by atoms with Crippen LogP contribution in [-0.4, -0.2) is 137 Å². The van der Waals surface area contributed by atoms with Gasteiger partial charge in [0, 0.05) is 13.1 Å². The van der Waals surface area contributed by atoms with Crippen LogP contribution in [0.4, 0.5) is 0 Å². The number of nitrogens with two attached hydrogens (primary N) is 5. The summed E-state index contributed by atoms with van der Waals surface area (Å²) in [7, 11) is 0. The molecule has 0 aliphatic carbocycles. The highest BCUT2D eigenvalue weighted by Gasteiger charge is 2.34. The molecule has 0 fully saturated rings. The summed E-state index contributed by atoms with van der Waals surface area (Å²) in [6, 6.07) is -9.74.